The Bertz CT molecular complexity index is 679. The van der Waals surface area contributed by atoms with E-state index in [0.29, 0.717) is 13.0 Å². The van der Waals surface area contributed by atoms with Gasteiger partial charge >= 0.3 is 0 Å². The summed E-state index contributed by atoms with van der Waals surface area (Å²) in [6, 6.07) is 14.8. The van der Waals surface area contributed by atoms with Gasteiger partial charge in [0, 0.05) is 26.1 Å². The second kappa shape index (κ2) is 6.75. The monoisotopic (exact) mass is 294 g/mol. The van der Waals surface area contributed by atoms with Crippen LogP contribution in [0.15, 0.2) is 42.5 Å². The van der Waals surface area contributed by atoms with Gasteiger partial charge in [0.25, 0.3) is 0 Å². The fourth-order valence-electron chi connectivity index (χ4n) is 2.87. The van der Waals surface area contributed by atoms with E-state index >= 15 is 0 Å². The number of carbonyl (C=O) groups is 1. The summed E-state index contributed by atoms with van der Waals surface area (Å²) in [7, 11) is 0. The van der Waals surface area contributed by atoms with Crippen LogP contribution in [0, 0.1) is 6.92 Å². The lowest BCUT2D eigenvalue weighted by molar-refractivity contribution is -0.121. The molecule has 0 saturated carbocycles. The third-order valence-corrected chi connectivity index (χ3v) is 4.11. The molecule has 3 heteroatoms. The molecular weight excluding hydrogens is 272 g/mol. The van der Waals surface area contributed by atoms with Crippen molar-refractivity contribution in [2.45, 2.75) is 39.4 Å². The normalized spacial score (nSPS) is 13.0. The van der Waals surface area contributed by atoms with Crippen LogP contribution in [0.25, 0.3) is 0 Å². The Kier molecular flexibility index (Phi) is 4.54. The van der Waals surface area contributed by atoms with Crippen LogP contribution < -0.4 is 10.6 Å². The highest BCUT2D eigenvalue weighted by molar-refractivity contribution is 5.76. The molecule has 1 aliphatic heterocycles. The van der Waals surface area contributed by atoms with Crippen molar-refractivity contribution in [2.24, 2.45) is 0 Å². The molecule has 1 amide bonds. The first-order chi connectivity index (χ1) is 10.7. The van der Waals surface area contributed by atoms with E-state index in [9.17, 15) is 4.79 Å². The Labute approximate surface area is 131 Å². The highest BCUT2D eigenvalue weighted by Gasteiger charge is 2.10. The highest BCUT2D eigenvalue weighted by Crippen LogP contribution is 2.17. The van der Waals surface area contributed by atoms with Gasteiger partial charge in [-0.25, -0.2) is 0 Å². The summed E-state index contributed by atoms with van der Waals surface area (Å²) in [5, 5.41) is 6.35. The maximum absolute atomic E-state index is 12.0. The second-order valence-corrected chi connectivity index (χ2v) is 5.97. The number of hydrogen-bond donors (Lipinski definition) is 2. The fraction of sp³-hybridized carbons (Fsp3) is 0.316. The lowest BCUT2D eigenvalue weighted by Crippen LogP contribution is -2.23. The highest BCUT2D eigenvalue weighted by atomic mass is 16.1. The molecule has 0 atom stereocenters. The van der Waals surface area contributed by atoms with Crippen molar-refractivity contribution in [1.82, 2.24) is 10.6 Å². The molecule has 1 heterocycles. The van der Waals surface area contributed by atoms with Crippen LogP contribution in [0.3, 0.4) is 0 Å². The third-order valence-electron chi connectivity index (χ3n) is 4.11. The molecular formula is C19H22N2O. The van der Waals surface area contributed by atoms with Gasteiger partial charge in [-0.2, -0.15) is 0 Å². The smallest absolute Gasteiger partial charge is 0.220 e. The van der Waals surface area contributed by atoms with Crippen molar-refractivity contribution in [3.8, 4) is 0 Å². The standard InChI is InChI=1S/C19H22N2O/c1-14-3-2-4-15(9-14)6-8-19(22)21-11-16-5-7-17-12-20-13-18(17)10-16/h2-5,7,9-10,20H,6,8,11-13H2,1H3,(H,21,22). The first-order valence-corrected chi connectivity index (χ1v) is 7.84. The number of fused-ring (bicyclic) bond motifs is 1. The number of rotatable bonds is 5. The molecule has 2 aromatic rings. The predicted molar refractivity (Wildman–Crippen MR) is 88.3 cm³/mol. The first kappa shape index (κ1) is 14.8. The summed E-state index contributed by atoms with van der Waals surface area (Å²) in [6.45, 7) is 4.58. The van der Waals surface area contributed by atoms with Crippen LogP contribution >= 0.6 is 0 Å². The number of nitrogens with one attached hydrogen (secondary N) is 2. The molecule has 3 rings (SSSR count). The molecule has 1 aliphatic rings. The van der Waals surface area contributed by atoms with Crippen molar-refractivity contribution >= 4 is 5.91 Å². The zero-order chi connectivity index (χ0) is 15.4. The molecule has 0 saturated heterocycles. The Morgan fingerprint density at radius 1 is 1.09 bits per heavy atom. The van der Waals surface area contributed by atoms with Gasteiger partial charge in [0.05, 0.1) is 0 Å². The van der Waals surface area contributed by atoms with Crippen molar-refractivity contribution in [3.63, 3.8) is 0 Å². The molecule has 2 N–H and O–H groups in total. The minimum Gasteiger partial charge on any atom is -0.352 e. The second-order valence-electron chi connectivity index (χ2n) is 5.97. The Balaban J connectivity index is 1.48. The van der Waals surface area contributed by atoms with Gasteiger partial charge in [0.2, 0.25) is 5.91 Å². The lowest BCUT2D eigenvalue weighted by Gasteiger charge is -2.07. The topological polar surface area (TPSA) is 41.1 Å². The molecule has 2 aromatic carbocycles. The van der Waals surface area contributed by atoms with E-state index in [0.717, 1.165) is 19.5 Å². The van der Waals surface area contributed by atoms with Gasteiger partial charge in [-0.3, -0.25) is 4.79 Å². The van der Waals surface area contributed by atoms with Gasteiger partial charge in [0.15, 0.2) is 0 Å². The minimum absolute atomic E-state index is 0.111. The van der Waals surface area contributed by atoms with Crippen LogP contribution in [0.4, 0.5) is 0 Å². The third kappa shape index (κ3) is 3.74. The summed E-state index contributed by atoms with van der Waals surface area (Å²) in [5.74, 6) is 0.111. The SMILES string of the molecule is Cc1cccc(CCC(=O)NCc2ccc3c(c2)CNC3)c1. The number of hydrogen-bond acceptors (Lipinski definition) is 2. The summed E-state index contributed by atoms with van der Waals surface area (Å²) in [4.78, 5) is 12.0. The van der Waals surface area contributed by atoms with Gasteiger partial charge < -0.3 is 10.6 Å². The van der Waals surface area contributed by atoms with Gasteiger partial charge in [-0.15, -0.1) is 0 Å². The van der Waals surface area contributed by atoms with Crippen LogP contribution in [0.5, 0.6) is 0 Å². The van der Waals surface area contributed by atoms with Gasteiger partial charge in [0.1, 0.15) is 0 Å². The van der Waals surface area contributed by atoms with E-state index in [-0.39, 0.29) is 5.91 Å². The molecule has 114 valence electrons. The van der Waals surface area contributed by atoms with Crippen molar-refractivity contribution in [1.29, 1.82) is 0 Å². The molecule has 0 fully saturated rings. The average Bonchev–Trinajstić information content (AvgIpc) is 2.98. The van der Waals surface area contributed by atoms with E-state index in [1.54, 1.807) is 0 Å². The Hall–Kier alpha value is -2.13. The average molecular weight is 294 g/mol. The number of aryl methyl sites for hydroxylation is 2. The zero-order valence-corrected chi connectivity index (χ0v) is 13.0. The van der Waals surface area contributed by atoms with E-state index < -0.39 is 0 Å². The van der Waals surface area contributed by atoms with Crippen LogP contribution in [-0.2, 0) is 30.8 Å². The molecule has 3 nitrogen and oxygen atoms in total. The van der Waals surface area contributed by atoms with Crippen molar-refractivity contribution in [3.05, 3.63) is 70.3 Å². The number of carbonyl (C=O) groups excluding carboxylic acids is 1. The van der Waals surface area contributed by atoms with E-state index in [1.807, 2.05) is 6.07 Å². The molecule has 0 spiro atoms. The number of amides is 1. The molecule has 0 radical (unpaired) electrons. The predicted octanol–water partition coefficient (Wildman–Crippen LogP) is 2.85. The van der Waals surface area contributed by atoms with Crippen LogP contribution in [0.2, 0.25) is 0 Å². The molecule has 0 unspecified atom stereocenters. The summed E-state index contributed by atoms with van der Waals surface area (Å²) in [6.07, 6.45) is 1.33. The summed E-state index contributed by atoms with van der Waals surface area (Å²) < 4.78 is 0. The maximum Gasteiger partial charge on any atom is 0.220 e. The van der Waals surface area contributed by atoms with Crippen molar-refractivity contribution < 1.29 is 4.79 Å². The number of benzene rings is 2. The van der Waals surface area contributed by atoms with Gasteiger partial charge in [-0.05, 0) is 35.6 Å². The zero-order valence-electron chi connectivity index (χ0n) is 13.0. The summed E-state index contributed by atoms with van der Waals surface area (Å²) in [5.41, 5.74) is 6.36. The Morgan fingerprint density at radius 3 is 2.82 bits per heavy atom. The van der Waals surface area contributed by atoms with Gasteiger partial charge in [-0.1, -0.05) is 48.0 Å². The molecule has 0 aromatic heterocycles. The fourth-order valence-corrected chi connectivity index (χ4v) is 2.87. The van der Waals surface area contributed by atoms with Crippen LogP contribution in [0.1, 0.15) is 34.2 Å². The van der Waals surface area contributed by atoms with E-state index in [2.05, 4.69) is 54.0 Å². The first-order valence-electron chi connectivity index (χ1n) is 7.84. The van der Waals surface area contributed by atoms with Crippen LogP contribution in [-0.4, -0.2) is 5.91 Å². The lowest BCUT2D eigenvalue weighted by atomic mass is 10.1. The molecule has 0 aliphatic carbocycles. The van der Waals surface area contributed by atoms with E-state index in [4.69, 9.17) is 0 Å². The largest absolute Gasteiger partial charge is 0.352 e. The van der Waals surface area contributed by atoms with E-state index in [1.165, 1.54) is 27.8 Å². The quantitative estimate of drug-likeness (QED) is 0.890. The minimum atomic E-state index is 0.111. The summed E-state index contributed by atoms with van der Waals surface area (Å²) >= 11 is 0. The molecule has 0 bridgehead atoms. The Morgan fingerprint density at radius 2 is 1.95 bits per heavy atom. The van der Waals surface area contributed by atoms with Crippen molar-refractivity contribution in [2.75, 3.05) is 0 Å². The maximum atomic E-state index is 12.0. The molecule has 22 heavy (non-hydrogen) atoms.